The van der Waals surface area contributed by atoms with Gasteiger partial charge >= 0.3 is 5.97 Å². The molecule has 0 aliphatic carbocycles. The van der Waals surface area contributed by atoms with Gasteiger partial charge in [0.1, 0.15) is 5.75 Å². The Labute approximate surface area is 203 Å². The lowest BCUT2D eigenvalue weighted by Gasteiger charge is -2.37. The van der Waals surface area contributed by atoms with Crippen LogP contribution in [0.5, 0.6) is 5.75 Å². The maximum atomic E-state index is 13.2. The van der Waals surface area contributed by atoms with E-state index in [9.17, 15) is 9.59 Å². The van der Waals surface area contributed by atoms with Crippen molar-refractivity contribution in [2.45, 2.75) is 24.4 Å². The first-order chi connectivity index (χ1) is 16.6. The number of esters is 1. The number of Topliss-reactive ketones (excluding diaryl/α,β-unsaturated/α-hetero) is 1. The predicted octanol–water partition coefficient (Wildman–Crippen LogP) is 4.70. The van der Waals surface area contributed by atoms with Crippen molar-refractivity contribution in [3.8, 4) is 5.75 Å². The molecule has 2 atom stereocenters. The van der Waals surface area contributed by atoms with Crippen LogP contribution in [0.4, 0.5) is 0 Å². The van der Waals surface area contributed by atoms with Crippen LogP contribution < -0.4 is 4.74 Å². The van der Waals surface area contributed by atoms with Crippen LogP contribution in [0, 0.1) is 11.8 Å². The molecule has 7 nitrogen and oxygen atoms in total. The topological polar surface area (TPSA) is 81.9 Å². The summed E-state index contributed by atoms with van der Waals surface area (Å²) >= 11 is 1.67. The molecule has 1 aliphatic heterocycles. The van der Waals surface area contributed by atoms with Gasteiger partial charge in [0.25, 0.3) is 0 Å². The lowest BCUT2D eigenvalue weighted by Crippen LogP contribution is -2.45. The number of fused-ring (bicyclic) bond motifs is 1. The largest absolute Gasteiger partial charge is 0.497 e. The van der Waals surface area contributed by atoms with Gasteiger partial charge in [-0.3, -0.25) is 14.6 Å². The van der Waals surface area contributed by atoms with Crippen molar-refractivity contribution in [3.63, 3.8) is 0 Å². The van der Waals surface area contributed by atoms with Crippen molar-refractivity contribution in [1.29, 1.82) is 0 Å². The average Bonchev–Trinajstić information content (AvgIpc) is 3.40. The molecule has 0 unspecified atom stereocenters. The SMILES string of the molecule is COC(=O)[C@H]1CN(CCSc2ccco2)CC[C@H]1CCC(=O)c1ccnc2ccc(OC)cc12. The minimum Gasteiger partial charge on any atom is -0.497 e. The second-order valence-electron chi connectivity index (χ2n) is 8.46. The van der Waals surface area contributed by atoms with Crippen LogP contribution in [0.2, 0.25) is 0 Å². The Kier molecular flexibility index (Phi) is 8.24. The zero-order valence-corrected chi connectivity index (χ0v) is 20.4. The van der Waals surface area contributed by atoms with E-state index >= 15 is 0 Å². The molecule has 34 heavy (non-hydrogen) atoms. The molecule has 3 heterocycles. The molecule has 0 bridgehead atoms. The van der Waals surface area contributed by atoms with Crippen LogP contribution in [0.15, 0.2) is 58.4 Å². The Morgan fingerprint density at radius 2 is 2.12 bits per heavy atom. The highest BCUT2D eigenvalue weighted by Gasteiger charge is 2.35. The highest BCUT2D eigenvalue weighted by molar-refractivity contribution is 7.99. The van der Waals surface area contributed by atoms with Crippen LogP contribution in [-0.4, -0.2) is 61.2 Å². The number of pyridine rings is 1. The minimum absolute atomic E-state index is 0.0570. The fourth-order valence-corrected chi connectivity index (χ4v) is 5.45. The van der Waals surface area contributed by atoms with Gasteiger partial charge in [-0.25, -0.2) is 0 Å². The lowest BCUT2D eigenvalue weighted by atomic mass is 9.81. The molecule has 180 valence electrons. The molecule has 0 N–H and O–H groups in total. The Morgan fingerprint density at radius 1 is 1.24 bits per heavy atom. The number of ketones is 1. The number of carbonyl (C=O) groups is 2. The number of hydrogen-bond acceptors (Lipinski definition) is 8. The van der Waals surface area contributed by atoms with Crippen molar-refractivity contribution in [1.82, 2.24) is 9.88 Å². The normalized spacial score (nSPS) is 18.6. The van der Waals surface area contributed by atoms with Gasteiger partial charge in [-0.1, -0.05) is 11.8 Å². The van der Waals surface area contributed by atoms with E-state index in [2.05, 4.69) is 9.88 Å². The van der Waals surface area contributed by atoms with Crippen molar-refractivity contribution in [3.05, 3.63) is 54.4 Å². The maximum absolute atomic E-state index is 13.2. The molecule has 1 saturated heterocycles. The number of thioether (sulfide) groups is 1. The number of carbonyl (C=O) groups excluding carboxylic acids is 2. The molecular formula is C26H30N2O5S. The summed E-state index contributed by atoms with van der Waals surface area (Å²) in [6.45, 7) is 2.43. The van der Waals surface area contributed by atoms with Gasteiger partial charge in [-0.2, -0.15) is 0 Å². The van der Waals surface area contributed by atoms with Gasteiger partial charge in [-0.05, 0) is 61.7 Å². The van der Waals surface area contributed by atoms with Gasteiger partial charge in [0, 0.05) is 42.4 Å². The fourth-order valence-electron chi connectivity index (χ4n) is 4.60. The lowest BCUT2D eigenvalue weighted by molar-refractivity contribution is -0.149. The zero-order chi connectivity index (χ0) is 23.9. The van der Waals surface area contributed by atoms with Gasteiger partial charge in [-0.15, -0.1) is 0 Å². The third kappa shape index (κ3) is 5.80. The van der Waals surface area contributed by atoms with Gasteiger partial charge in [0.15, 0.2) is 10.9 Å². The third-order valence-corrected chi connectivity index (χ3v) is 7.39. The summed E-state index contributed by atoms with van der Waals surface area (Å²) in [5, 5.41) is 1.69. The third-order valence-electron chi connectivity index (χ3n) is 6.48. The van der Waals surface area contributed by atoms with Gasteiger partial charge in [0.05, 0.1) is 31.9 Å². The molecule has 1 fully saturated rings. The van der Waals surface area contributed by atoms with E-state index in [1.165, 1.54) is 7.11 Å². The van der Waals surface area contributed by atoms with Gasteiger partial charge < -0.3 is 18.8 Å². The van der Waals surface area contributed by atoms with E-state index in [0.29, 0.717) is 30.7 Å². The molecular weight excluding hydrogens is 452 g/mol. The first-order valence-corrected chi connectivity index (χ1v) is 12.5. The van der Waals surface area contributed by atoms with Crippen LogP contribution in [0.25, 0.3) is 10.9 Å². The summed E-state index contributed by atoms with van der Waals surface area (Å²) in [5.74, 6) is 1.34. The first-order valence-electron chi connectivity index (χ1n) is 11.5. The predicted molar refractivity (Wildman–Crippen MR) is 131 cm³/mol. The van der Waals surface area contributed by atoms with Crippen LogP contribution in [0.3, 0.4) is 0 Å². The number of methoxy groups -OCH3 is 2. The molecule has 1 aliphatic rings. The maximum Gasteiger partial charge on any atom is 0.310 e. The van der Waals surface area contributed by atoms with Crippen LogP contribution >= 0.6 is 11.8 Å². The Morgan fingerprint density at radius 3 is 2.88 bits per heavy atom. The summed E-state index contributed by atoms with van der Waals surface area (Å²) in [5.41, 5.74) is 1.41. The molecule has 0 saturated carbocycles. The fraction of sp³-hybridized carbons (Fsp3) is 0.423. The van der Waals surface area contributed by atoms with E-state index in [1.54, 1.807) is 37.4 Å². The van der Waals surface area contributed by atoms with Crippen LogP contribution in [0.1, 0.15) is 29.6 Å². The second kappa shape index (κ2) is 11.5. The van der Waals surface area contributed by atoms with E-state index in [4.69, 9.17) is 13.9 Å². The Balaban J connectivity index is 1.37. The van der Waals surface area contributed by atoms with Crippen molar-refractivity contribution in [2.24, 2.45) is 11.8 Å². The van der Waals surface area contributed by atoms with E-state index in [-0.39, 0.29) is 23.6 Å². The standard InChI is InChI=1S/C26H30N2O5S/c1-31-19-6-7-23-21(16-19)20(9-11-27-23)24(29)8-5-18-10-12-28(17-22(18)26(30)32-2)13-15-34-25-4-3-14-33-25/h3-4,6-7,9,11,14,16,18,22H,5,8,10,12-13,15,17H2,1-2H3/t18-,22+/m1/s1. The highest BCUT2D eigenvalue weighted by atomic mass is 32.2. The summed E-state index contributed by atoms with van der Waals surface area (Å²) in [6.07, 6.45) is 5.24. The number of aromatic nitrogens is 1. The number of rotatable bonds is 10. The van der Waals surface area contributed by atoms with Crippen LogP contribution in [-0.2, 0) is 9.53 Å². The molecule has 2 aromatic heterocycles. The smallest absolute Gasteiger partial charge is 0.310 e. The summed E-state index contributed by atoms with van der Waals surface area (Å²) < 4.78 is 15.8. The highest BCUT2D eigenvalue weighted by Crippen LogP contribution is 2.31. The summed E-state index contributed by atoms with van der Waals surface area (Å²) in [7, 11) is 3.04. The first kappa shape index (κ1) is 24.3. The molecule has 3 aromatic rings. The molecule has 0 amide bonds. The number of ether oxygens (including phenoxy) is 2. The number of nitrogens with zero attached hydrogens (tertiary/aromatic N) is 2. The van der Waals surface area contributed by atoms with Crippen molar-refractivity contribution >= 4 is 34.4 Å². The number of piperidine rings is 1. The molecule has 0 spiro atoms. The average molecular weight is 483 g/mol. The summed E-state index contributed by atoms with van der Waals surface area (Å²) in [6, 6.07) is 11.2. The number of benzene rings is 1. The monoisotopic (exact) mass is 482 g/mol. The minimum atomic E-state index is -0.227. The summed E-state index contributed by atoms with van der Waals surface area (Å²) in [4.78, 5) is 32.4. The molecule has 0 radical (unpaired) electrons. The molecule has 8 heteroatoms. The molecule has 1 aromatic carbocycles. The second-order valence-corrected chi connectivity index (χ2v) is 9.56. The Bertz CT molecular complexity index is 1120. The van der Waals surface area contributed by atoms with Crippen molar-refractivity contribution < 1.29 is 23.5 Å². The van der Waals surface area contributed by atoms with Gasteiger partial charge in [0.2, 0.25) is 0 Å². The van der Waals surface area contributed by atoms with E-state index < -0.39 is 0 Å². The zero-order valence-electron chi connectivity index (χ0n) is 19.6. The van der Waals surface area contributed by atoms with E-state index in [0.717, 1.165) is 41.3 Å². The number of likely N-dealkylation sites (tertiary alicyclic amines) is 1. The Hall–Kier alpha value is -2.84. The quantitative estimate of drug-likeness (QED) is 0.234. The molecule has 4 rings (SSSR count). The number of furan rings is 1. The van der Waals surface area contributed by atoms with E-state index in [1.807, 2.05) is 30.3 Å². The number of hydrogen-bond donors (Lipinski definition) is 0. The van der Waals surface area contributed by atoms with Crippen molar-refractivity contribution in [2.75, 3.05) is 39.6 Å².